The molecule has 40 heavy (non-hydrogen) atoms. The minimum absolute atomic E-state index is 0.141. The van der Waals surface area contributed by atoms with E-state index in [1.807, 2.05) is 30.3 Å². The van der Waals surface area contributed by atoms with Crippen molar-refractivity contribution < 1.29 is 17.9 Å². The topological polar surface area (TPSA) is 118 Å². The van der Waals surface area contributed by atoms with Crippen LogP contribution in [0.3, 0.4) is 0 Å². The van der Waals surface area contributed by atoms with Crippen molar-refractivity contribution in [3.63, 3.8) is 0 Å². The zero-order valence-electron chi connectivity index (χ0n) is 22.9. The molecule has 1 aliphatic heterocycles. The van der Waals surface area contributed by atoms with Gasteiger partial charge in [-0.3, -0.25) is 4.90 Å². The molecule has 3 aliphatic rings. The first kappa shape index (κ1) is 29.0. The summed E-state index contributed by atoms with van der Waals surface area (Å²) < 4.78 is 38.5. The standard InChI is InChI=1S/C28H37ClN6O4S/c1-20-17-23(9-10-28(20,2)39-16-13-35-11-14-38-15-12-35)33-27-30-19-25(29)26(34-27)32-22-5-3-21(4-6-22)18-31-40(36,37)24-7-8-24/h3-6,9-10,17,19-20,24,31H,7-8,11-16,18H2,1-2H3,(H2,30,32,33,34). The summed E-state index contributed by atoms with van der Waals surface area (Å²) >= 11 is 6.37. The number of benzene rings is 1. The van der Waals surface area contributed by atoms with Crippen molar-refractivity contribution in [2.24, 2.45) is 5.92 Å². The molecule has 1 aromatic heterocycles. The highest BCUT2D eigenvalue weighted by atomic mass is 35.5. The summed E-state index contributed by atoms with van der Waals surface area (Å²) in [7, 11) is -3.21. The van der Waals surface area contributed by atoms with Gasteiger partial charge in [-0.25, -0.2) is 18.1 Å². The van der Waals surface area contributed by atoms with E-state index in [4.69, 9.17) is 21.1 Å². The van der Waals surface area contributed by atoms with Crippen LogP contribution in [0.4, 0.5) is 17.5 Å². The van der Waals surface area contributed by atoms with Gasteiger partial charge in [0.25, 0.3) is 0 Å². The number of aromatic nitrogens is 2. The van der Waals surface area contributed by atoms with Crippen molar-refractivity contribution in [2.45, 2.75) is 44.1 Å². The van der Waals surface area contributed by atoms with Gasteiger partial charge in [0.15, 0.2) is 5.82 Å². The Hall–Kier alpha value is -2.54. The van der Waals surface area contributed by atoms with Crippen molar-refractivity contribution in [1.82, 2.24) is 19.6 Å². The van der Waals surface area contributed by atoms with Crippen LogP contribution in [0.2, 0.25) is 5.02 Å². The number of sulfonamides is 1. The van der Waals surface area contributed by atoms with Crippen LogP contribution in [0.5, 0.6) is 0 Å². The second kappa shape index (κ2) is 12.5. The molecule has 2 aromatic rings. The Bertz CT molecular complexity index is 1340. The molecular weight excluding hydrogens is 552 g/mol. The fourth-order valence-corrected chi connectivity index (χ4v) is 6.05. The van der Waals surface area contributed by atoms with Gasteiger partial charge in [0.1, 0.15) is 5.02 Å². The minimum atomic E-state index is -3.21. The molecule has 1 saturated carbocycles. The molecule has 1 aromatic carbocycles. The van der Waals surface area contributed by atoms with Crippen LogP contribution in [0.15, 0.2) is 54.4 Å². The molecule has 2 heterocycles. The Morgan fingerprint density at radius 2 is 1.93 bits per heavy atom. The Morgan fingerprint density at radius 1 is 1.18 bits per heavy atom. The fourth-order valence-electron chi connectivity index (χ4n) is 4.55. The zero-order chi connectivity index (χ0) is 28.2. The van der Waals surface area contributed by atoms with Crippen molar-refractivity contribution in [2.75, 3.05) is 50.1 Å². The number of anilines is 3. The summed E-state index contributed by atoms with van der Waals surface area (Å²) in [6, 6.07) is 7.46. The predicted octanol–water partition coefficient (Wildman–Crippen LogP) is 4.06. The Kier molecular flexibility index (Phi) is 9.08. The molecule has 216 valence electrons. The molecule has 10 nitrogen and oxygen atoms in total. The lowest BCUT2D eigenvalue weighted by Crippen LogP contribution is -2.41. The molecule has 12 heteroatoms. The van der Waals surface area contributed by atoms with E-state index in [0.717, 1.165) is 62.6 Å². The summed E-state index contributed by atoms with van der Waals surface area (Å²) in [6.45, 7) is 9.53. The lowest BCUT2D eigenvalue weighted by molar-refractivity contribution is -0.0404. The first-order valence-corrected chi connectivity index (χ1v) is 15.6. The Labute approximate surface area is 241 Å². The number of ether oxygens (including phenoxy) is 2. The summed E-state index contributed by atoms with van der Waals surface area (Å²) in [6.07, 6.45) is 9.23. The molecule has 5 rings (SSSR count). The van der Waals surface area contributed by atoms with E-state index < -0.39 is 15.6 Å². The number of halogens is 1. The largest absolute Gasteiger partial charge is 0.379 e. The van der Waals surface area contributed by atoms with Gasteiger partial charge in [-0.15, -0.1) is 0 Å². The molecule has 2 atom stereocenters. The van der Waals surface area contributed by atoms with Gasteiger partial charge in [0.05, 0.1) is 36.9 Å². The molecule has 0 amide bonds. The number of hydrogen-bond donors (Lipinski definition) is 3. The predicted molar refractivity (Wildman–Crippen MR) is 157 cm³/mol. The van der Waals surface area contributed by atoms with Gasteiger partial charge in [-0.05, 0) is 43.5 Å². The maximum absolute atomic E-state index is 12.1. The normalized spacial score (nSPS) is 23.6. The molecule has 3 N–H and O–H groups in total. The lowest BCUT2D eigenvalue weighted by atomic mass is 9.85. The number of nitrogens with one attached hydrogen (secondary N) is 3. The maximum Gasteiger partial charge on any atom is 0.229 e. The molecule has 0 bridgehead atoms. The van der Waals surface area contributed by atoms with Gasteiger partial charge in [-0.2, -0.15) is 4.98 Å². The van der Waals surface area contributed by atoms with E-state index in [1.54, 1.807) is 6.20 Å². The molecule has 1 saturated heterocycles. The second-order valence-electron chi connectivity index (χ2n) is 10.6. The monoisotopic (exact) mass is 588 g/mol. The van der Waals surface area contributed by atoms with Crippen LogP contribution in [-0.4, -0.2) is 73.6 Å². The van der Waals surface area contributed by atoms with Gasteiger partial charge >= 0.3 is 0 Å². The Balaban J connectivity index is 1.15. The summed E-state index contributed by atoms with van der Waals surface area (Å²) in [4.78, 5) is 11.3. The highest BCUT2D eigenvalue weighted by Gasteiger charge is 2.35. The van der Waals surface area contributed by atoms with Crippen LogP contribution < -0.4 is 15.4 Å². The van der Waals surface area contributed by atoms with Crippen molar-refractivity contribution in [3.8, 4) is 0 Å². The summed E-state index contributed by atoms with van der Waals surface area (Å²) in [5, 5.41) is 6.64. The first-order chi connectivity index (χ1) is 19.2. The summed E-state index contributed by atoms with van der Waals surface area (Å²) in [5.74, 6) is 1.02. The van der Waals surface area contributed by atoms with Crippen LogP contribution in [0.1, 0.15) is 32.3 Å². The van der Waals surface area contributed by atoms with Crippen LogP contribution in [-0.2, 0) is 26.0 Å². The molecule has 2 unspecified atom stereocenters. The van der Waals surface area contributed by atoms with E-state index in [0.29, 0.717) is 23.4 Å². The van der Waals surface area contributed by atoms with Crippen LogP contribution in [0, 0.1) is 5.92 Å². The average Bonchev–Trinajstić information content (AvgIpc) is 3.80. The SMILES string of the molecule is CC1C=C(Nc2ncc(Cl)c(Nc3ccc(CNS(=O)(=O)C4CC4)cc3)n2)C=CC1(C)OCCN1CCOCC1. The van der Waals surface area contributed by atoms with Gasteiger partial charge in [0.2, 0.25) is 16.0 Å². The molecule has 0 spiro atoms. The highest BCUT2D eigenvalue weighted by molar-refractivity contribution is 7.90. The molecule has 0 radical (unpaired) electrons. The molecule has 2 fully saturated rings. The minimum Gasteiger partial charge on any atom is -0.379 e. The summed E-state index contributed by atoms with van der Waals surface area (Å²) in [5.41, 5.74) is 2.13. The lowest BCUT2D eigenvalue weighted by Gasteiger charge is -2.35. The fraction of sp³-hybridized carbons (Fsp3) is 0.500. The van der Waals surface area contributed by atoms with Crippen LogP contribution >= 0.6 is 11.6 Å². The quantitative estimate of drug-likeness (QED) is 0.337. The van der Waals surface area contributed by atoms with Gasteiger partial charge in [0, 0.05) is 43.5 Å². The maximum atomic E-state index is 12.1. The number of allylic oxidation sites excluding steroid dienone is 1. The highest BCUT2D eigenvalue weighted by Crippen LogP contribution is 2.31. The third-order valence-electron chi connectivity index (χ3n) is 7.51. The molecule has 2 aliphatic carbocycles. The number of morpholine rings is 1. The number of hydrogen-bond acceptors (Lipinski definition) is 9. The average molecular weight is 589 g/mol. The number of nitrogens with zero attached hydrogens (tertiary/aromatic N) is 3. The second-order valence-corrected chi connectivity index (χ2v) is 13.1. The third kappa shape index (κ3) is 7.59. The Morgan fingerprint density at radius 3 is 2.62 bits per heavy atom. The third-order valence-corrected chi connectivity index (χ3v) is 9.68. The van der Waals surface area contributed by atoms with Gasteiger partial charge < -0.3 is 20.1 Å². The van der Waals surface area contributed by atoms with Crippen molar-refractivity contribution in [1.29, 1.82) is 0 Å². The molecular formula is C28H37ClN6O4S. The van der Waals surface area contributed by atoms with Crippen LogP contribution in [0.25, 0.3) is 0 Å². The van der Waals surface area contributed by atoms with E-state index >= 15 is 0 Å². The van der Waals surface area contributed by atoms with E-state index in [9.17, 15) is 8.42 Å². The van der Waals surface area contributed by atoms with Crippen molar-refractivity contribution >= 4 is 39.1 Å². The first-order valence-electron chi connectivity index (χ1n) is 13.7. The smallest absolute Gasteiger partial charge is 0.229 e. The number of rotatable bonds is 12. The van der Waals surface area contributed by atoms with Gasteiger partial charge in [-0.1, -0.05) is 42.8 Å². The van der Waals surface area contributed by atoms with Crippen molar-refractivity contribution in [3.05, 3.63) is 65.0 Å². The van der Waals surface area contributed by atoms with E-state index in [2.05, 4.69) is 56.2 Å². The zero-order valence-corrected chi connectivity index (χ0v) is 24.5. The van der Waals surface area contributed by atoms with E-state index in [-0.39, 0.29) is 17.7 Å². The van der Waals surface area contributed by atoms with E-state index in [1.165, 1.54) is 0 Å².